The lowest BCUT2D eigenvalue weighted by molar-refractivity contribution is 0.454. The number of hydrogen-bond acceptors (Lipinski definition) is 5. The van der Waals surface area contributed by atoms with Crippen LogP contribution in [0, 0.1) is 0 Å². The Labute approximate surface area is 112 Å². The number of benzene rings is 1. The minimum atomic E-state index is -3.17. The van der Waals surface area contributed by atoms with Crippen molar-refractivity contribution in [2.75, 3.05) is 6.26 Å². The van der Waals surface area contributed by atoms with Crippen LogP contribution in [0.3, 0.4) is 0 Å². The molecule has 1 atom stereocenters. The highest BCUT2D eigenvalue weighted by Gasteiger charge is 2.13. The molecule has 0 aliphatic rings. The summed E-state index contributed by atoms with van der Waals surface area (Å²) in [4.78, 5) is 0.296. The van der Waals surface area contributed by atoms with Crippen molar-refractivity contribution in [2.45, 2.75) is 17.4 Å². The molecule has 0 aliphatic carbocycles. The van der Waals surface area contributed by atoms with E-state index >= 15 is 0 Å². The summed E-state index contributed by atoms with van der Waals surface area (Å²) in [6.07, 6.45) is 3.39. The Hall–Kier alpha value is -1.63. The summed E-state index contributed by atoms with van der Waals surface area (Å²) < 4.78 is 28.0. The fourth-order valence-electron chi connectivity index (χ4n) is 1.85. The standard InChI is InChI=1S/C13H16N2O3S/c1-19(16,17)12-6-4-10(5-7-12)13(15-14)9-11-3-2-8-18-11/h2-8,13,15H,9,14H2,1H3. The molecule has 1 unspecified atom stereocenters. The molecule has 0 aliphatic heterocycles. The molecular formula is C13H16N2O3S. The number of furan rings is 1. The van der Waals surface area contributed by atoms with Gasteiger partial charge in [-0.05, 0) is 29.8 Å². The lowest BCUT2D eigenvalue weighted by Gasteiger charge is -2.15. The van der Waals surface area contributed by atoms with Crippen LogP contribution in [0.2, 0.25) is 0 Å². The van der Waals surface area contributed by atoms with Crippen LogP contribution in [-0.2, 0) is 16.3 Å². The van der Waals surface area contributed by atoms with E-state index in [-0.39, 0.29) is 6.04 Å². The molecule has 0 radical (unpaired) electrons. The topological polar surface area (TPSA) is 85.3 Å². The Morgan fingerprint density at radius 2 is 1.95 bits per heavy atom. The number of nitrogens with two attached hydrogens (primary N) is 1. The quantitative estimate of drug-likeness (QED) is 0.639. The van der Waals surface area contributed by atoms with Crippen LogP contribution >= 0.6 is 0 Å². The van der Waals surface area contributed by atoms with E-state index in [2.05, 4.69) is 5.43 Å². The van der Waals surface area contributed by atoms with E-state index in [1.165, 1.54) is 6.26 Å². The second kappa shape index (κ2) is 5.56. The fourth-order valence-corrected chi connectivity index (χ4v) is 2.48. The first kappa shape index (κ1) is 13.8. The zero-order chi connectivity index (χ0) is 13.9. The maximum Gasteiger partial charge on any atom is 0.175 e. The van der Waals surface area contributed by atoms with Gasteiger partial charge in [-0.1, -0.05) is 12.1 Å². The maximum absolute atomic E-state index is 11.4. The lowest BCUT2D eigenvalue weighted by atomic mass is 10.0. The summed E-state index contributed by atoms with van der Waals surface area (Å²) >= 11 is 0. The van der Waals surface area contributed by atoms with Crippen LogP contribution in [0.15, 0.2) is 52.0 Å². The van der Waals surface area contributed by atoms with Crippen LogP contribution in [0.1, 0.15) is 17.4 Å². The summed E-state index contributed by atoms with van der Waals surface area (Å²) in [6, 6.07) is 10.2. The summed E-state index contributed by atoms with van der Waals surface area (Å²) in [5.74, 6) is 6.35. The molecule has 0 bridgehead atoms. The van der Waals surface area contributed by atoms with Crippen molar-refractivity contribution in [2.24, 2.45) is 5.84 Å². The van der Waals surface area contributed by atoms with E-state index in [4.69, 9.17) is 10.3 Å². The zero-order valence-corrected chi connectivity index (χ0v) is 11.4. The largest absolute Gasteiger partial charge is 0.469 e. The molecule has 0 amide bonds. The van der Waals surface area contributed by atoms with Gasteiger partial charge in [-0.25, -0.2) is 8.42 Å². The Morgan fingerprint density at radius 3 is 2.42 bits per heavy atom. The summed E-state index contributed by atoms with van der Waals surface area (Å²) in [6.45, 7) is 0. The van der Waals surface area contributed by atoms with E-state index < -0.39 is 9.84 Å². The molecule has 2 rings (SSSR count). The van der Waals surface area contributed by atoms with Gasteiger partial charge in [-0.15, -0.1) is 0 Å². The molecule has 19 heavy (non-hydrogen) atoms. The average Bonchev–Trinajstić information content (AvgIpc) is 2.88. The van der Waals surface area contributed by atoms with Crippen molar-refractivity contribution in [1.29, 1.82) is 0 Å². The molecule has 1 aromatic heterocycles. The molecule has 102 valence electrons. The van der Waals surface area contributed by atoms with Gasteiger partial charge >= 0.3 is 0 Å². The maximum atomic E-state index is 11.4. The van der Waals surface area contributed by atoms with Crippen molar-refractivity contribution >= 4 is 9.84 Å². The number of nitrogens with one attached hydrogen (secondary N) is 1. The highest BCUT2D eigenvalue weighted by atomic mass is 32.2. The molecule has 6 heteroatoms. The van der Waals surface area contributed by atoms with Gasteiger partial charge in [0.15, 0.2) is 9.84 Å². The third kappa shape index (κ3) is 3.44. The van der Waals surface area contributed by atoms with E-state index in [0.29, 0.717) is 11.3 Å². The molecule has 0 saturated carbocycles. The summed E-state index contributed by atoms with van der Waals surface area (Å²) in [5, 5.41) is 0. The van der Waals surface area contributed by atoms with Crippen LogP contribution < -0.4 is 11.3 Å². The van der Waals surface area contributed by atoms with Gasteiger partial charge in [0.05, 0.1) is 17.2 Å². The summed E-state index contributed by atoms with van der Waals surface area (Å²) in [5.41, 5.74) is 3.61. The first-order chi connectivity index (χ1) is 9.00. The Balaban J connectivity index is 2.20. The minimum absolute atomic E-state index is 0.125. The van der Waals surface area contributed by atoms with E-state index in [9.17, 15) is 8.42 Å². The first-order valence-corrected chi connectivity index (χ1v) is 7.68. The third-order valence-corrected chi connectivity index (χ3v) is 4.03. The predicted molar refractivity (Wildman–Crippen MR) is 72.0 cm³/mol. The molecule has 1 heterocycles. The molecule has 1 aromatic carbocycles. The number of hydrazine groups is 1. The van der Waals surface area contributed by atoms with E-state index in [1.54, 1.807) is 30.5 Å². The van der Waals surface area contributed by atoms with Crippen molar-refractivity contribution in [3.63, 3.8) is 0 Å². The Morgan fingerprint density at radius 1 is 1.26 bits per heavy atom. The molecule has 0 spiro atoms. The minimum Gasteiger partial charge on any atom is -0.469 e. The van der Waals surface area contributed by atoms with Gasteiger partial charge in [-0.2, -0.15) is 0 Å². The van der Waals surface area contributed by atoms with Crippen molar-refractivity contribution < 1.29 is 12.8 Å². The number of hydrogen-bond donors (Lipinski definition) is 2. The van der Waals surface area contributed by atoms with Crippen LogP contribution in [0.25, 0.3) is 0 Å². The molecule has 3 N–H and O–H groups in total. The smallest absolute Gasteiger partial charge is 0.175 e. The second-order valence-electron chi connectivity index (χ2n) is 4.34. The monoisotopic (exact) mass is 280 g/mol. The van der Waals surface area contributed by atoms with Crippen LogP contribution in [0.4, 0.5) is 0 Å². The van der Waals surface area contributed by atoms with Gasteiger partial charge in [-0.3, -0.25) is 11.3 Å². The van der Waals surface area contributed by atoms with Crippen molar-refractivity contribution in [3.05, 3.63) is 54.0 Å². The third-order valence-electron chi connectivity index (χ3n) is 2.90. The molecule has 2 aromatic rings. The summed E-state index contributed by atoms with van der Waals surface area (Å²) in [7, 11) is -3.17. The first-order valence-electron chi connectivity index (χ1n) is 5.79. The number of sulfone groups is 1. The van der Waals surface area contributed by atoms with Crippen molar-refractivity contribution in [3.8, 4) is 0 Å². The van der Waals surface area contributed by atoms with Gasteiger partial charge in [0, 0.05) is 12.7 Å². The highest BCUT2D eigenvalue weighted by molar-refractivity contribution is 7.90. The van der Waals surface area contributed by atoms with E-state index in [0.717, 1.165) is 11.3 Å². The van der Waals surface area contributed by atoms with Gasteiger partial charge < -0.3 is 4.42 Å². The van der Waals surface area contributed by atoms with Gasteiger partial charge in [0.25, 0.3) is 0 Å². The SMILES string of the molecule is CS(=O)(=O)c1ccc(C(Cc2ccco2)NN)cc1. The zero-order valence-electron chi connectivity index (χ0n) is 10.5. The fraction of sp³-hybridized carbons (Fsp3) is 0.231. The molecule has 5 nitrogen and oxygen atoms in total. The van der Waals surface area contributed by atoms with Gasteiger partial charge in [0.1, 0.15) is 5.76 Å². The Kier molecular flexibility index (Phi) is 4.04. The molecular weight excluding hydrogens is 264 g/mol. The number of rotatable bonds is 5. The Bertz CT molecular complexity index is 618. The average molecular weight is 280 g/mol. The highest BCUT2D eigenvalue weighted by Crippen LogP contribution is 2.20. The van der Waals surface area contributed by atoms with Crippen LogP contribution in [0.5, 0.6) is 0 Å². The molecule has 0 fully saturated rings. The normalized spacial score (nSPS) is 13.4. The van der Waals surface area contributed by atoms with Gasteiger partial charge in [0.2, 0.25) is 0 Å². The molecule has 0 saturated heterocycles. The van der Waals surface area contributed by atoms with E-state index in [1.807, 2.05) is 12.1 Å². The lowest BCUT2D eigenvalue weighted by Crippen LogP contribution is -2.29. The predicted octanol–water partition coefficient (Wildman–Crippen LogP) is 1.43. The second-order valence-corrected chi connectivity index (χ2v) is 6.36. The van der Waals surface area contributed by atoms with Crippen molar-refractivity contribution in [1.82, 2.24) is 5.43 Å². The van der Waals surface area contributed by atoms with Crippen LogP contribution in [-0.4, -0.2) is 14.7 Å².